The summed E-state index contributed by atoms with van der Waals surface area (Å²) in [4.78, 5) is 4.67. The molecule has 2 aromatic rings. The zero-order valence-corrected chi connectivity index (χ0v) is 16.1. The lowest BCUT2D eigenvalue weighted by Gasteiger charge is -2.31. The van der Waals surface area contributed by atoms with Gasteiger partial charge in [0.15, 0.2) is 11.5 Å². The third-order valence-electron chi connectivity index (χ3n) is 4.73. The zero-order chi connectivity index (χ0) is 18.5. The number of methoxy groups -OCH3 is 2. The Bertz CT molecular complexity index is 733. The van der Waals surface area contributed by atoms with Crippen molar-refractivity contribution in [1.29, 1.82) is 0 Å². The Morgan fingerprint density at radius 1 is 1.08 bits per heavy atom. The number of ether oxygens (including phenoxy) is 3. The molecule has 0 fully saturated rings. The van der Waals surface area contributed by atoms with Crippen LogP contribution in [-0.2, 0) is 13.1 Å². The van der Waals surface area contributed by atoms with Crippen molar-refractivity contribution in [2.75, 3.05) is 41.5 Å². The van der Waals surface area contributed by atoms with Gasteiger partial charge < -0.3 is 19.1 Å². The molecule has 5 heteroatoms. The highest BCUT2D eigenvalue weighted by Crippen LogP contribution is 2.33. The number of para-hydroxylation sites is 2. The van der Waals surface area contributed by atoms with Gasteiger partial charge in [0.25, 0.3) is 0 Å². The van der Waals surface area contributed by atoms with Gasteiger partial charge in [0.05, 0.1) is 20.3 Å². The first-order valence-corrected chi connectivity index (χ1v) is 8.91. The third kappa shape index (κ3) is 4.11. The van der Waals surface area contributed by atoms with E-state index in [1.807, 2.05) is 18.2 Å². The molecule has 1 unspecified atom stereocenters. The third-order valence-corrected chi connectivity index (χ3v) is 4.73. The minimum Gasteiger partial charge on any atom is -0.493 e. The topological polar surface area (TPSA) is 34.2 Å². The van der Waals surface area contributed by atoms with Crippen LogP contribution in [0.5, 0.6) is 17.2 Å². The molecule has 0 saturated heterocycles. The molecule has 0 bridgehead atoms. The van der Waals surface area contributed by atoms with Crippen LogP contribution in [0.15, 0.2) is 42.5 Å². The van der Waals surface area contributed by atoms with E-state index in [2.05, 4.69) is 48.2 Å². The van der Waals surface area contributed by atoms with E-state index >= 15 is 0 Å². The van der Waals surface area contributed by atoms with Crippen molar-refractivity contribution < 1.29 is 14.2 Å². The van der Waals surface area contributed by atoms with E-state index in [0.717, 1.165) is 42.4 Å². The van der Waals surface area contributed by atoms with Crippen molar-refractivity contribution in [1.82, 2.24) is 9.80 Å². The van der Waals surface area contributed by atoms with Gasteiger partial charge in [-0.1, -0.05) is 30.3 Å². The zero-order valence-electron chi connectivity index (χ0n) is 16.1. The molecule has 5 nitrogen and oxygen atoms in total. The van der Waals surface area contributed by atoms with Crippen LogP contribution in [0.4, 0.5) is 0 Å². The standard InChI is InChI=1S/C21H28N2O3/c1-22(2)14-18-15-26-19-10-6-5-8-16(19)12-23(18)13-17-9-7-11-20(24-3)21(17)25-4/h5-11,18H,12-15H2,1-4H3. The number of benzene rings is 2. The summed E-state index contributed by atoms with van der Waals surface area (Å²) < 4.78 is 17.2. The van der Waals surface area contributed by atoms with Gasteiger partial charge in [0.2, 0.25) is 0 Å². The first kappa shape index (κ1) is 18.5. The smallest absolute Gasteiger partial charge is 0.165 e. The summed E-state index contributed by atoms with van der Waals surface area (Å²) in [5, 5.41) is 0. The van der Waals surface area contributed by atoms with Crippen LogP contribution in [0.1, 0.15) is 11.1 Å². The minimum absolute atomic E-state index is 0.285. The van der Waals surface area contributed by atoms with E-state index in [4.69, 9.17) is 14.2 Å². The molecule has 0 saturated carbocycles. The van der Waals surface area contributed by atoms with Crippen molar-refractivity contribution in [3.8, 4) is 17.2 Å². The lowest BCUT2D eigenvalue weighted by Crippen LogP contribution is -2.43. The van der Waals surface area contributed by atoms with Crippen LogP contribution in [-0.4, -0.2) is 57.3 Å². The maximum Gasteiger partial charge on any atom is 0.165 e. The normalized spacial score (nSPS) is 17.3. The second kappa shape index (κ2) is 8.43. The van der Waals surface area contributed by atoms with Crippen LogP contribution < -0.4 is 14.2 Å². The Kier molecular flexibility index (Phi) is 6.01. The fraction of sp³-hybridized carbons (Fsp3) is 0.429. The van der Waals surface area contributed by atoms with Crippen molar-refractivity contribution >= 4 is 0 Å². The van der Waals surface area contributed by atoms with Crippen LogP contribution in [0.3, 0.4) is 0 Å². The Morgan fingerprint density at radius 2 is 1.88 bits per heavy atom. The molecule has 0 N–H and O–H groups in total. The molecule has 0 radical (unpaired) electrons. The lowest BCUT2D eigenvalue weighted by atomic mass is 10.1. The monoisotopic (exact) mass is 356 g/mol. The summed E-state index contributed by atoms with van der Waals surface area (Å²) in [6.45, 7) is 3.22. The molecular weight excluding hydrogens is 328 g/mol. The largest absolute Gasteiger partial charge is 0.493 e. The second-order valence-electron chi connectivity index (χ2n) is 6.89. The van der Waals surface area contributed by atoms with Gasteiger partial charge in [-0.25, -0.2) is 0 Å². The lowest BCUT2D eigenvalue weighted by molar-refractivity contribution is 0.112. The fourth-order valence-electron chi connectivity index (χ4n) is 3.49. The van der Waals surface area contributed by atoms with Gasteiger partial charge in [-0.05, 0) is 26.2 Å². The minimum atomic E-state index is 0.285. The van der Waals surface area contributed by atoms with Crippen molar-refractivity contribution in [3.63, 3.8) is 0 Å². The van der Waals surface area contributed by atoms with Crippen LogP contribution in [0.25, 0.3) is 0 Å². The number of fused-ring (bicyclic) bond motifs is 1. The Morgan fingerprint density at radius 3 is 2.62 bits per heavy atom. The molecular formula is C21H28N2O3. The Labute approximate surface area is 156 Å². The number of hydrogen-bond donors (Lipinski definition) is 0. The summed E-state index contributed by atoms with van der Waals surface area (Å²) in [7, 11) is 7.57. The van der Waals surface area contributed by atoms with E-state index in [1.165, 1.54) is 5.56 Å². The van der Waals surface area contributed by atoms with Crippen LogP contribution in [0.2, 0.25) is 0 Å². The van der Waals surface area contributed by atoms with Gasteiger partial charge in [-0.3, -0.25) is 4.90 Å². The fourth-order valence-corrected chi connectivity index (χ4v) is 3.49. The van der Waals surface area contributed by atoms with Crippen LogP contribution in [0, 0.1) is 0 Å². The molecule has 26 heavy (non-hydrogen) atoms. The predicted octanol–water partition coefficient (Wildman–Crippen LogP) is 3.03. The molecule has 0 aliphatic carbocycles. The summed E-state index contributed by atoms with van der Waals surface area (Å²) in [6.07, 6.45) is 0. The molecule has 0 aromatic heterocycles. The van der Waals surface area contributed by atoms with Gasteiger partial charge in [0.1, 0.15) is 12.4 Å². The molecule has 0 amide bonds. The van der Waals surface area contributed by atoms with Gasteiger partial charge >= 0.3 is 0 Å². The molecule has 1 heterocycles. The summed E-state index contributed by atoms with van der Waals surface area (Å²) in [6, 6.07) is 14.6. The Balaban J connectivity index is 1.91. The van der Waals surface area contributed by atoms with E-state index < -0.39 is 0 Å². The number of likely N-dealkylation sites (N-methyl/N-ethyl adjacent to an activating group) is 1. The molecule has 1 atom stereocenters. The molecule has 0 spiro atoms. The molecule has 140 valence electrons. The van der Waals surface area contributed by atoms with E-state index in [-0.39, 0.29) is 6.04 Å². The molecule has 3 rings (SSSR count). The van der Waals surface area contributed by atoms with E-state index in [0.29, 0.717) is 6.61 Å². The maximum atomic E-state index is 6.11. The first-order chi connectivity index (χ1) is 12.6. The van der Waals surface area contributed by atoms with Crippen molar-refractivity contribution in [3.05, 3.63) is 53.6 Å². The van der Waals surface area contributed by atoms with E-state index in [9.17, 15) is 0 Å². The van der Waals surface area contributed by atoms with Gasteiger partial charge in [0, 0.05) is 30.8 Å². The molecule has 2 aromatic carbocycles. The SMILES string of the molecule is COc1cccc(CN2Cc3ccccc3OCC2CN(C)C)c1OC. The highest BCUT2D eigenvalue weighted by atomic mass is 16.5. The van der Waals surface area contributed by atoms with Crippen molar-refractivity contribution in [2.24, 2.45) is 0 Å². The Hall–Kier alpha value is -2.24. The van der Waals surface area contributed by atoms with Gasteiger partial charge in [-0.2, -0.15) is 0 Å². The van der Waals surface area contributed by atoms with E-state index in [1.54, 1.807) is 14.2 Å². The van der Waals surface area contributed by atoms with Crippen LogP contribution >= 0.6 is 0 Å². The second-order valence-corrected chi connectivity index (χ2v) is 6.89. The van der Waals surface area contributed by atoms with Gasteiger partial charge in [-0.15, -0.1) is 0 Å². The quantitative estimate of drug-likeness (QED) is 0.795. The average Bonchev–Trinajstić information content (AvgIpc) is 2.81. The number of rotatable bonds is 6. The highest BCUT2D eigenvalue weighted by Gasteiger charge is 2.26. The summed E-state index contributed by atoms with van der Waals surface area (Å²) in [5.74, 6) is 2.55. The first-order valence-electron chi connectivity index (χ1n) is 8.91. The molecule has 1 aliphatic heterocycles. The summed E-state index contributed by atoms with van der Waals surface area (Å²) in [5.41, 5.74) is 2.34. The number of hydrogen-bond acceptors (Lipinski definition) is 5. The molecule has 1 aliphatic rings. The highest BCUT2D eigenvalue weighted by molar-refractivity contribution is 5.46. The predicted molar refractivity (Wildman–Crippen MR) is 103 cm³/mol. The summed E-state index contributed by atoms with van der Waals surface area (Å²) >= 11 is 0. The maximum absolute atomic E-state index is 6.11. The van der Waals surface area contributed by atoms with Crippen molar-refractivity contribution in [2.45, 2.75) is 19.1 Å². The number of nitrogens with zero attached hydrogens (tertiary/aromatic N) is 2. The average molecular weight is 356 g/mol.